The lowest BCUT2D eigenvalue weighted by Crippen LogP contribution is -2.32. The molecular weight excluding hydrogens is 455 g/mol. The van der Waals surface area contributed by atoms with Gasteiger partial charge in [0, 0.05) is 46.4 Å². The maximum absolute atomic E-state index is 13.3. The average Bonchev–Trinajstić information content (AvgIpc) is 3.30. The Morgan fingerprint density at radius 3 is 2.57 bits per heavy atom. The molecule has 8 heteroatoms. The van der Waals surface area contributed by atoms with Gasteiger partial charge < -0.3 is 15.2 Å². The van der Waals surface area contributed by atoms with E-state index in [9.17, 15) is 22.8 Å². The SMILES string of the molecule is Cc1[nH]c2ccccc2c1C1c2ccccc2C(=O)N1CCC(=O)Nc1cccc(C(F)(F)F)c1. The average molecular weight is 477 g/mol. The van der Waals surface area contributed by atoms with Crippen molar-refractivity contribution in [2.75, 3.05) is 11.9 Å². The van der Waals surface area contributed by atoms with E-state index in [0.717, 1.165) is 39.9 Å². The molecule has 0 bridgehead atoms. The van der Waals surface area contributed by atoms with Crippen molar-refractivity contribution >= 4 is 28.4 Å². The number of aromatic amines is 1. The summed E-state index contributed by atoms with van der Waals surface area (Å²) < 4.78 is 39.0. The second-order valence-corrected chi connectivity index (χ2v) is 8.57. The van der Waals surface area contributed by atoms with E-state index in [0.29, 0.717) is 5.56 Å². The van der Waals surface area contributed by atoms with E-state index in [2.05, 4.69) is 10.3 Å². The van der Waals surface area contributed by atoms with Crippen LogP contribution in [0.1, 0.15) is 45.2 Å². The number of hydrogen-bond acceptors (Lipinski definition) is 2. The Kier molecular flexibility index (Phi) is 5.59. The number of anilines is 1. The summed E-state index contributed by atoms with van der Waals surface area (Å²) in [7, 11) is 0. The molecule has 2 heterocycles. The van der Waals surface area contributed by atoms with Crippen molar-refractivity contribution in [3.05, 3.63) is 101 Å². The van der Waals surface area contributed by atoms with Crippen LogP contribution in [0, 0.1) is 6.92 Å². The third-order valence-corrected chi connectivity index (χ3v) is 6.33. The molecule has 0 aliphatic carbocycles. The molecule has 5 nitrogen and oxygen atoms in total. The number of halogens is 3. The van der Waals surface area contributed by atoms with Crippen molar-refractivity contribution in [2.24, 2.45) is 0 Å². The second kappa shape index (κ2) is 8.61. The molecule has 1 unspecified atom stereocenters. The Bertz CT molecular complexity index is 1440. The maximum Gasteiger partial charge on any atom is 0.416 e. The first kappa shape index (κ1) is 22.7. The Balaban J connectivity index is 1.41. The lowest BCUT2D eigenvalue weighted by molar-refractivity contribution is -0.137. The van der Waals surface area contributed by atoms with Crippen LogP contribution in [-0.2, 0) is 11.0 Å². The number of aromatic nitrogens is 1. The topological polar surface area (TPSA) is 65.2 Å². The molecule has 2 N–H and O–H groups in total. The number of para-hydroxylation sites is 1. The number of carbonyl (C=O) groups is 2. The summed E-state index contributed by atoms with van der Waals surface area (Å²) >= 11 is 0. The van der Waals surface area contributed by atoms with E-state index < -0.39 is 17.6 Å². The monoisotopic (exact) mass is 477 g/mol. The first-order chi connectivity index (χ1) is 16.7. The van der Waals surface area contributed by atoms with Crippen LogP contribution in [0.3, 0.4) is 0 Å². The maximum atomic E-state index is 13.3. The number of nitrogens with zero attached hydrogens (tertiary/aromatic N) is 1. The fourth-order valence-electron chi connectivity index (χ4n) is 4.78. The van der Waals surface area contributed by atoms with Gasteiger partial charge in [-0.25, -0.2) is 0 Å². The first-order valence-electron chi connectivity index (χ1n) is 11.2. The van der Waals surface area contributed by atoms with Crippen LogP contribution < -0.4 is 5.32 Å². The summed E-state index contributed by atoms with van der Waals surface area (Å²) in [6.07, 6.45) is -4.56. The lowest BCUT2D eigenvalue weighted by Gasteiger charge is -2.26. The van der Waals surface area contributed by atoms with Gasteiger partial charge in [-0.3, -0.25) is 9.59 Å². The van der Waals surface area contributed by atoms with Gasteiger partial charge in [-0.2, -0.15) is 13.2 Å². The molecular formula is C27H22F3N3O2. The normalized spacial score (nSPS) is 15.5. The van der Waals surface area contributed by atoms with Crippen LogP contribution >= 0.6 is 0 Å². The minimum absolute atomic E-state index is 0.0601. The molecule has 1 aromatic heterocycles. The number of hydrogen-bond donors (Lipinski definition) is 2. The van der Waals surface area contributed by atoms with Crippen LogP contribution in [0.25, 0.3) is 10.9 Å². The van der Waals surface area contributed by atoms with E-state index in [-0.39, 0.29) is 30.6 Å². The van der Waals surface area contributed by atoms with Crippen molar-refractivity contribution in [1.82, 2.24) is 9.88 Å². The summed E-state index contributed by atoms with van der Waals surface area (Å²) in [4.78, 5) is 31.0. The van der Waals surface area contributed by atoms with Gasteiger partial charge in [-0.15, -0.1) is 0 Å². The number of amides is 2. The van der Waals surface area contributed by atoms with E-state index in [1.807, 2.05) is 43.3 Å². The van der Waals surface area contributed by atoms with Gasteiger partial charge in [0.1, 0.15) is 0 Å². The van der Waals surface area contributed by atoms with Gasteiger partial charge in [0.2, 0.25) is 5.91 Å². The van der Waals surface area contributed by atoms with Crippen molar-refractivity contribution < 1.29 is 22.8 Å². The molecule has 1 aliphatic rings. The highest BCUT2D eigenvalue weighted by Gasteiger charge is 2.39. The fraction of sp³-hybridized carbons (Fsp3) is 0.185. The quantitative estimate of drug-likeness (QED) is 0.367. The zero-order valence-corrected chi connectivity index (χ0v) is 18.8. The molecule has 5 rings (SSSR count). The van der Waals surface area contributed by atoms with Crippen LogP contribution in [0.15, 0.2) is 72.8 Å². The molecule has 1 atom stereocenters. The zero-order chi connectivity index (χ0) is 24.7. The molecule has 4 aromatic rings. The number of rotatable bonds is 5. The van der Waals surface area contributed by atoms with Gasteiger partial charge >= 0.3 is 6.18 Å². The molecule has 3 aromatic carbocycles. The van der Waals surface area contributed by atoms with Gasteiger partial charge in [0.15, 0.2) is 0 Å². The molecule has 2 amide bonds. The summed E-state index contributed by atoms with van der Waals surface area (Å²) in [5.41, 5.74) is 3.53. The highest BCUT2D eigenvalue weighted by atomic mass is 19.4. The second-order valence-electron chi connectivity index (χ2n) is 8.57. The van der Waals surface area contributed by atoms with Gasteiger partial charge in [0.05, 0.1) is 11.6 Å². The Morgan fingerprint density at radius 2 is 1.77 bits per heavy atom. The largest absolute Gasteiger partial charge is 0.416 e. The number of alkyl halides is 3. The molecule has 0 saturated carbocycles. The van der Waals surface area contributed by atoms with Crippen molar-refractivity contribution in [3.63, 3.8) is 0 Å². The molecule has 0 saturated heterocycles. The summed E-state index contributed by atoms with van der Waals surface area (Å²) in [5, 5.41) is 3.52. The van der Waals surface area contributed by atoms with Gasteiger partial charge in [-0.05, 0) is 42.8 Å². The van der Waals surface area contributed by atoms with E-state index in [1.165, 1.54) is 12.1 Å². The number of nitrogens with one attached hydrogen (secondary N) is 2. The number of aryl methyl sites for hydroxylation is 1. The molecule has 0 fully saturated rings. The van der Waals surface area contributed by atoms with Crippen molar-refractivity contribution in [1.29, 1.82) is 0 Å². The summed E-state index contributed by atoms with van der Waals surface area (Å²) in [6.45, 7) is 2.07. The molecule has 178 valence electrons. The minimum atomic E-state index is -4.50. The molecule has 35 heavy (non-hydrogen) atoms. The number of fused-ring (bicyclic) bond motifs is 2. The van der Waals surface area contributed by atoms with Gasteiger partial charge in [0.25, 0.3) is 5.91 Å². The number of benzene rings is 3. The van der Waals surface area contributed by atoms with Crippen molar-refractivity contribution in [2.45, 2.75) is 25.6 Å². The highest BCUT2D eigenvalue weighted by Crippen LogP contribution is 2.42. The lowest BCUT2D eigenvalue weighted by atomic mass is 9.95. The third kappa shape index (κ3) is 4.16. The number of H-pyrrole nitrogens is 1. The predicted molar refractivity (Wildman–Crippen MR) is 127 cm³/mol. The Morgan fingerprint density at radius 1 is 1.03 bits per heavy atom. The van der Waals surface area contributed by atoms with E-state index >= 15 is 0 Å². The predicted octanol–water partition coefficient (Wildman–Crippen LogP) is 6.07. The van der Waals surface area contributed by atoms with Crippen LogP contribution in [-0.4, -0.2) is 28.2 Å². The van der Waals surface area contributed by atoms with Gasteiger partial charge in [-0.1, -0.05) is 42.5 Å². The van der Waals surface area contributed by atoms with Crippen LogP contribution in [0.4, 0.5) is 18.9 Å². The standard InChI is InChI=1S/C27H22F3N3O2/c1-16-24(21-11-4-5-12-22(21)31-16)25-19-9-2-3-10-20(19)26(35)33(25)14-13-23(34)32-18-8-6-7-17(15-18)27(28,29)30/h2-12,15,25,31H,13-14H2,1H3,(H,32,34). The van der Waals surface area contributed by atoms with Crippen molar-refractivity contribution in [3.8, 4) is 0 Å². The smallest absolute Gasteiger partial charge is 0.358 e. The Labute approximate surface area is 199 Å². The number of carbonyl (C=O) groups excluding carboxylic acids is 2. The molecule has 1 aliphatic heterocycles. The first-order valence-corrected chi connectivity index (χ1v) is 11.2. The summed E-state index contributed by atoms with van der Waals surface area (Å²) in [5.74, 6) is -0.648. The third-order valence-electron chi connectivity index (χ3n) is 6.33. The minimum Gasteiger partial charge on any atom is -0.358 e. The van der Waals surface area contributed by atoms with Crippen LogP contribution in [0.5, 0.6) is 0 Å². The molecule has 0 spiro atoms. The molecule has 0 radical (unpaired) electrons. The van der Waals surface area contributed by atoms with E-state index in [4.69, 9.17) is 0 Å². The van der Waals surface area contributed by atoms with E-state index in [1.54, 1.807) is 17.0 Å². The zero-order valence-electron chi connectivity index (χ0n) is 18.8. The Hall–Kier alpha value is -4.07. The fourth-order valence-corrected chi connectivity index (χ4v) is 4.78. The summed E-state index contributed by atoms with van der Waals surface area (Å²) in [6, 6.07) is 19.3. The highest BCUT2D eigenvalue weighted by molar-refractivity contribution is 6.01. The van der Waals surface area contributed by atoms with Crippen LogP contribution in [0.2, 0.25) is 0 Å².